The van der Waals surface area contributed by atoms with Crippen molar-refractivity contribution in [1.29, 1.82) is 0 Å². The fourth-order valence-corrected chi connectivity index (χ4v) is 4.69. The van der Waals surface area contributed by atoms with Crippen LogP contribution in [0.5, 0.6) is 0 Å². The first-order valence-electron chi connectivity index (χ1n) is 9.08. The summed E-state index contributed by atoms with van der Waals surface area (Å²) in [5.41, 5.74) is 4.32. The quantitative estimate of drug-likeness (QED) is 0.906. The predicted molar refractivity (Wildman–Crippen MR) is 90.7 cm³/mol. The molecule has 2 heterocycles. The van der Waals surface area contributed by atoms with Crippen molar-refractivity contribution in [3.63, 3.8) is 0 Å². The van der Waals surface area contributed by atoms with Crippen LogP contribution in [0.1, 0.15) is 50.6 Å². The summed E-state index contributed by atoms with van der Waals surface area (Å²) in [6.07, 6.45) is 5.97. The number of nitrogens with one attached hydrogen (secondary N) is 1. The Hall–Kier alpha value is -1.88. The maximum absolute atomic E-state index is 13.0. The molecule has 128 valence electrons. The number of likely N-dealkylation sites (tertiary alicyclic amines) is 1. The molecule has 5 nitrogen and oxygen atoms in total. The standard InChI is InChI=1S/C19H25N3O2/c1-13(23)22-18(14-8-4-2-5-9-14)16-12-21(19(24)17(16)20-22)15-10-6-3-7-11-15/h2,4-5,8-9,15-18,20H,3,6-7,10-12H2,1H3. The maximum atomic E-state index is 13.0. The Kier molecular flexibility index (Phi) is 4.04. The summed E-state index contributed by atoms with van der Waals surface area (Å²) in [4.78, 5) is 27.1. The van der Waals surface area contributed by atoms with Crippen molar-refractivity contribution < 1.29 is 9.59 Å². The van der Waals surface area contributed by atoms with E-state index in [-0.39, 0.29) is 29.8 Å². The minimum Gasteiger partial charge on any atom is -0.338 e. The molecular weight excluding hydrogens is 302 g/mol. The summed E-state index contributed by atoms with van der Waals surface area (Å²) in [6, 6.07) is 10.1. The normalized spacial score (nSPS) is 30.7. The number of hydrogen-bond acceptors (Lipinski definition) is 3. The van der Waals surface area contributed by atoms with Gasteiger partial charge < -0.3 is 4.90 Å². The molecule has 3 atom stereocenters. The molecule has 1 saturated carbocycles. The van der Waals surface area contributed by atoms with E-state index in [0.717, 1.165) is 24.9 Å². The summed E-state index contributed by atoms with van der Waals surface area (Å²) in [5, 5.41) is 1.67. The molecule has 2 aliphatic heterocycles. The smallest absolute Gasteiger partial charge is 0.242 e. The number of benzene rings is 1. The lowest BCUT2D eigenvalue weighted by Gasteiger charge is -2.34. The van der Waals surface area contributed by atoms with Gasteiger partial charge in [0.15, 0.2) is 0 Å². The van der Waals surface area contributed by atoms with Gasteiger partial charge in [0.05, 0.1) is 6.04 Å². The van der Waals surface area contributed by atoms with Gasteiger partial charge in [0.25, 0.3) is 0 Å². The fourth-order valence-electron chi connectivity index (χ4n) is 4.69. The molecule has 1 aromatic rings. The number of fused-ring (bicyclic) bond motifs is 1. The van der Waals surface area contributed by atoms with Crippen molar-refractivity contribution in [3.8, 4) is 0 Å². The van der Waals surface area contributed by atoms with E-state index in [0.29, 0.717) is 6.04 Å². The number of carbonyl (C=O) groups excluding carboxylic acids is 2. The maximum Gasteiger partial charge on any atom is 0.242 e. The second-order valence-electron chi connectivity index (χ2n) is 7.30. The van der Waals surface area contributed by atoms with Crippen molar-refractivity contribution in [2.24, 2.45) is 5.92 Å². The van der Waals surface area contributed by atoms with Gasteiger partial charge in [0, 0.05) is 25.4 Å². The van der Waals surface area contributed by atoms with Gasteiger partial charge in [0.1, 0.15) is 6.04 Å². The second kappa shape index (κ2) is 6.20. The highest BCUT2D eigenvalue weighted by molar-refractivity contribution is 5.87. The van der Waals surface area contributed by atoms with Crippen LogP contribution in [-0.4, -0.2) is 40.4 Å². The van der Waals surface area contributed by atoms with Crippen LogP contribution < -0.4 is 5.43 Å². The molecule has 5 heteroatoms. The molecule has 2 amide bonds. The summed E-state index contributed by atoms with van der Waals surface area (Å²) < 4.78 is 0. The van der Waals surface area contributed by atoms with Crippen molar-refractivity contribution >= 4 is 11.8 Å². The lowest BCUT2D eigenvalue weighted by molar-refractivity contribution is -0.137. The minimum atomic E-state index is -0.263. The highest BCUT2D eigenvalue weighted by Gasteiger charge is 2.54. The van der Waals surface area contributed by atoms with Crippen LogP contribution in [0.2, 0.25) is 0 Å². The Morgan fingerprint density at radius 3 is 2.50 bits per heavy atom. The van der Waals surface area contributed by atoms with Gasteiger partial charge in [-0.15, -0.1) is 0 Å². The molecule has 0 aromatic heterocycles. The molecular formula is C19H25N3O2. The summed E-state index contributed by atoms with van der Waals surface area (Å²) in [5.74, 6) is 0.276. The van der Waals surface area contributed by atoms with Crippen molar-refractivity contribution in [2.75, 3.05) is 6.54 Å². The Balaban J connectivity index is 1.61. The number of rotatable bonds is 2. The van der Waals surface area contributed by atoms with Gasteiger partial charge >= 0.3 is 0 Å². The molecule has 1 aliphatic carbocycles. The molecule has 3 unspecified atom stereocenters. The van der Waals surface area contributed by atoms with E-state index in [2.05, 4.69) is 22.5 Å². The highest BCUT2D eigenvalue weighted by Crippen LogP contribution is 2.42. The molecule has 24 heavy (non-hydrogen) atoms. The molecule has 0 radical (unpaired) electrons. The molecule has 0 bridgehead atoms. The average molecular weight is 327 g/mol. The molecule has 1 aromatic carbocycles. The Morgan fingerprint density at radius 1 is 1.12 bits per heavy atom. The summed E-state index contributed by atoms with van der Waals surface area (Å²) in [6.45, 7) is 2.32. The SMILES string of the molecule is CC(=O)N1NC2C(=O)N(C3CCCCC3)CC2C1c1ccccc1. The van der Waals surface area contributed by atoms with Gasteiger partial charge in [0.2, 0.25) is 11.8 Å². The first kappa shape index (κ1) is 15.6. The Labute approximate surface area is 143 Å². The van der Waals surface area contributed by atoms with E-state index in [9.17, 15) is 9.59 Å². The average Bonchev–Trinajstić information content (AvgIpc) is 3.14. The van der Waals surface area contributed by atoms with E-state index in [1.165, 1.54) is 19.3 Å². The lowest BCUT2D eigenvalue weighted by atomic mass is 9.91. The molecule has 2 saturated heterocycles. The van der Waals surface area contributed by atoms with Crippen molar-refractivity contribution in [3.05, 3.63) is 35.9 Å². The fraction of sp³-hybridized carbons (Fsp3) is 0.579. The largest absolute Gasteiger partial charge is 0.338 e. The molecule has 3 aliphatic rings. The van der Waals surface area contributed by atoms with E-state index >= 15 is 0 Å². The van der Waals surface area contributed by atoms with E-state index < -0.39 is 0 Å². The zero-order valence-electron chi connectivity index (χ0n) is 14.1. The van der Waals surface area contributed by atoms with E-state index in [1.807, 2.05) is 18.2 Å². The zero-order valence-corrected chi connectivity index (χ0v) is 14.1. The van der Waals surface area contributed by atoms with Gasteiger partial charge in [-0.3, -0.25) is 14.6 Å². The van der Waals surface area contributed by atoms with Gasteiger partial charge in [-0.25, -0.2) is 5.43 Å². The number of hydrogen-bond donors (Lipinski definition) is 1. The van der Waals surface area contributed by atoms with E-state index in [4.69, 9.17) is 0 Å². The first-order valence-corrected chi connectivity index (χ1v) is 9.08. The number of amides is 2. The van der Waals surface area contributed by atoms with Crippen LogP contribution in [0.15, 0.2) is 30.3 Å². The summed E-state index contributed by atoms with van der Waals surface area (Å²) >= 11 is 0. The zero-order chi connectivity index (χ0) is 16.7. The highest BCUT2D eigenvalue weighted by atomic mass is 16.2. The number of nitrogens with zero attached hydrogens (tertiary/aromatic N) is 2. The third-order valence-electron chi connectivity index (χ3n) is 5.84. The van der Waals surface area contributed by atoms with Crippen LogP contribution in [0.25, 0.3) is 0 Å². The Morgan fingerprint density at radius 2 is 1.83 bits per heavy atom. The third-order valence-corrected chi connectivity index (χ3v) is 5.84. The van der Waals surface area contributed by atoms with Crippen LogP contribution in [0.3, 0.4) is 0 Å². The predicted octanol–water partition coefficient (Wildman–Crippen LogP) is 2.25. The Bertz CT molecular complexity index is 627. The van der Waals surface area contributed by atoms with Crippen molar-refractivity contribution in [1.82, 2.24) is 15.3 Å². The number of carbonyl (C=O) groups is 2. The topological polar surface area (TPSA) is 52.7 Å². The van der Waals surface area contributed by atoms with E-state index in [1.54, 1.807) is 11.9 Å². The summed E-state index contributed by atoms with van der Waals surface area (Å²) in [7, 11) is 0. The van der Waals surface area contributed by atoms with Crippen molar-refractivity contribution in [2.45, 2.75) is 57.2 Å². The minimum absolute atomic E-state index is 0.0322. The lowest BCUT2D eigenvalue weighted by Crippen LogP contribution is -2.48. The first-order chi connectivity index (χ1) is 11.7. The number of hydrazine groups is 1. The van der Waals surface area contributed by atoms with Gasteiger partial charge in [-0.05, 0) is 18.4 Å². The second-order valence-corrected chi connectivity index (χ2v) is 7.30. The van der Waals surface area contributed by atoms with Gasteiger partial charge in [-0.1, -0.05) is 49.6 Å². The molecule has 1 N–H and O–H groups in total. The van der Waals surface area contributed by atoms with Crippen LogP contribution in [0.4, 0.5) is 0 Å². The third kappa shape index (κ3) is 2.51. The van der Waals surface area contributed by atoms with Crippen LogP contribution in [-0.2, 0) is 9.59 Å². The molecule has 3 fully saturated rings. The molecule has 4 rings (SSSR count). The van der Waals surface area contributed by atoms with Crippen LogP contribution in [0, 0.1) is 5.92 Å². The van der Waals surface area contributed by atoms with Gasteiger partial charge in [-0.2, -0.15) is 0 Å². The monoisotopic (exact) mass is 327 g/mol. The molecule has 0 spiro atoms. The van der Waals surface area contributed by atoms with Crippen LogP contribution >= 0.6 is 0 Å².